The number of aromatic nitrogens is 1. The topological polar surface area (TPSA) is 131 Å². The molecule has 0 atom stereocenters. The molecule has 3 aromatic rings. The molecule has 0 saturated carbocycles. The van der Waals surface area contributed by atoms with Crippen molar-refractivity contribution in [1.29, 1.82) is 0 Å². The van der Waals surface area contributed by atoms with Gasteiger partial charge in [0.1, 0.15) is 34.8 Å². The quantitative estimate of drug-likeness (QED) is 0.503. The van der Waals surface area contributed by atoms with Crippen molar-refractivity contribution in [2.45, 2.75) is 0 Å². The van der Waals surface area contributed by atoms with Gasteiger partial charge in [-0.15, -0.1) is 0 Å². The third kappa shape index (κ3) is 4.80. The number of primary amides is 1. The maximum atomic E-state index is 14.5. The lowest BCUT2D eigenvalue weighted by atomic mass is 10.0. The molecular weight excluding hydrogens is 446 g/mol. The third-order valence-electron chi connectivity index (χ3n) is 4.36. The Balaban J connectivity index is 2.25. The van der Waals surface area contributed by atoms with E-state index in [1.807, 2.05) is 5.32 Å². The Morgan fingerprint density at radius 1 is 0.939 bits per heavy atom. The molecule has 1 aromatic heterocycles. The molecule has 0 saturated heterocycles. The van der Waals surface area contributed by atoms with Crippen molar-refractivity contribution >= 4 is 29.4 Å². The van der Waals surface area contributed by atoms with Crippen molar-refractivity contribution in [3.8, 4) is 11.3 Å². The average molecular weight is 461 g/mol. The second-order valence-electron chi connectivity index (χ2n) is 6.52. The van der Waals surface area contributed by atoms with Gasteiger partial charge in [0.2, 0.25) is 5.91 Å². The summed E-state index contributed by atoms with van der Waals surface area (Å²) < 4.78 is 56.6. The molecule has 2 aromatic carbocycles. The molecule has 0 aliphatic rings. The van der Waals surface area contributed by atoms with Crippen LogP contribution in [0.3, 0.4) is 0 Å². The van der Waals surface area contributed by atoms with Crippen LogP contribution in [0.15, 0.2) is 48.5 Å². The van der Waals surface area contributed by atoms with Gasteiger partial charge in [-0.2, -0.15) is 0 Å². The number of rotatable bonds is 5. The lowest BCUT2D eigenvalue weighted by Gasteiger charge is -2.22. The summed E-state index contributed by atoms with van der Waals surface area (Å²) >= 11 is 0. The predicted octanol–water partition coefficient (Wildman–Crippen LogP) is 2.74. The lowest BCUT2D eigenvalue weighted by molar-refractivity contribution is -0.118. The first kappa shape index (κ1) is 23.3. The fourth-order valence-corrected chi connectivity index (χ4v) is 2.93. The molecule has 3 rings (SSSR count). The Labute approximate surface area is 183 Å². The van der Waals surface area contributed by atoms with Crippen molar-refractivity contribution in [2.24, 2.45) is 11.5 Å². The number of imide groups is 1. The number of carbonyl (C=O) groups is 3. The van der Waals surface area contributed by atoms with Gasteiger partial charge in [0.25, 0.3) is 5.91 Å². The van der Waals surface area contributed by atoms with Crippen LogP contribution in [0.5, 0.6) is 0 Å². The molecule has 5 N–H and O–H groups in total. The summed E-state index contributed by atoms with van der Waals surface area (Å²) in [6.45, 7) is -0.528. The summed E-state index contributed by atoms with van der Waals surface area (Å²) in [4.78, 5) is 40.5. The van der Waals surface area contributed by atoms with Crippen LogP contribution in [-0.2, 0) is 4.79 Å². The number of hydrogen-bond donors (Lipinski definition) is 3. The van der Waals surface area contributed by atoms with Crippen LogP contribution in [0.1, 0.15) is 10.4 Å². The number of amides is 4. The standard InChI is InChI=1S/C21H15F4N5O3/c22-10-4-5-11(15(25)8-10)18-12(20(32)29-17(31)9-26)6-7-16(28-18)30(21(27)33)19-13(23)2-1-3-14(19)24/h1-8H,9,26H2,(H2,27,33)(H,29,31,32). The summed E-state index contributed by atoms with van der Waals surface area (Å²) in [5.74, 6) is -6.74. The van der Waals surface area contributed by atoms with Crippen molar-refractivity contribution < 1.29 is 31.9 Å². The highest BCUT2D eigenvalue weighted by Crippen LogP contribution is 2.33. The van der Waals surface area contributed by atoms with Gasteiger partial charge in [-0.3, -0.25) is 14.9 Å². The van der Waals surface area contributed by atoms with Crippen molar-refractivity contribution in [2.75, 3.05) is 11.4 Å². The number of nitrogens with one attached hydrogen (secondary N) is 1. The molecule has 33 heavy (non-hydrogen) atoms. The molecule has 0 aliphatic carbocycles. The van der Waals surface area contributed by atoms with E-state index in [1.54, 1.807) is 0 Å². The SMILES string of the molecule is NCC(=O)NC(=O)c1ccc(N(C(N)=O)c2c(F)cccc2F)nc1-c1ccc(F)cc1F. The van der Waals surface area contributed by atoms with Crippen LogP contribution >= 0.6 is 0 Å². The normalized spacial score (nSPS) is 10.6. The van der Waals surface area contributed by atoms with Crippen LogP contribution in [0.25, 0.3) is 11.3 Å². The van der Waals surface area contributed by atoms with E-state index in [4.69, 9.17) is 11.5 Å². The van der Waals surface area contributed by atoms with Crippen molar-refractivity contribution in [1.82, 2.24) is 10.3 Å². The first-order valence-corrected chi connectivity index (χ1v) is 9.18. The number of benzene rings is 2. The van der Waals surface area contributed by atoms with Crippen LogP contribution in [-0.4, -0.2) is 29.4 Å². The number of anilines is 2. The van der Waals surface area contributed by atoms with E-state index < -0.39 is 70.4 Å². The van der Waals surface area contributed by atoms with E-state index in [2.05, 4.69) is 4.98 Å². The van der Waals surface area contributed by atoms with E-state index >= 15 is 0 Å². The Bertz CT molecular complexity index is 1250. The second kappa shape index (κ2) is 9.44. The molecule has 0 unspecified atom stereocenters. The molecule has 1 heterocycles. The largest absolute Gasteiger partial charge is 0.351 e. The Hall–Kier alpha value is -4.32. The molecule has 0 spiro atoms. The number of nitrogens with zero attached hydrogens (tertiary/aromatic N) is 2. The monoisotopic (exact) mass is 461 g/mol. The van der Waals surface area contributed by atoms with Gasteiger partial charge in [-0.25, -0.2) is 32.2 Å². The molecule has 170 valence electrons. The summed E-state index contributed by atoms with van der Waals surface area (Å²) in [6, 6.07) is 5.83. The fourth-order valence-electron chi connectivity index (χ4n) is 2.93. The fraction of sp³-hybridized carbons (Fsp3) is 0.0476. The second-order valence-corrected chi connectivity index (χ2v) is 6.52. The van der Waals surface area contributed by atoms with E-state index in [0.717, 1.165) is 42.5 Å². The molecule has 0 radical (unpaired) electrons. The van der Waals surface area contributed by atoms with Gasteiger partial charge in [-0.1, -0.05) is 6.07 Å². The minimum atomic E-state index is -1.34. The summed E-state index contributed by atoms with van der Waals surface area (Å²) in [5.41, 5.74) is 8.38. The molecule has 4 amide bonds. The lowest BCUT2D eigenvalue weighted by Crippen LogP contribution is -2.36. The first-order valence-electron chi connectivity index (χ1n) is 9.18. The first-order chi connectivity index (χ1) is 15.6. The number of para-hydroxylation sites is 1. The minimum absolute atomic E-state index is 0.371. The molecular formula is C21H15F4N5O3. The van der Waals surface area contributed by atoms with Crippen molar-refractivity contribution in [3.63, 3.8) is 0 Å². The van der Waals surface area contributed by atoms with Gasteiger partial charge in [0.05, 0.1) is 17.8 Å². The zero-order valence-electron chi connectivity index (χ0n) is 16.6. The van der Waals surface area contributed by atoms with Crippen LogP contribution in [0.4, 0.5) is 33.9 Å². The number of hydrogen-bond acceptors (Lipinski definition) is 5. The van der Waals surface area contributed by atoms with Crippen molar-refractivity contribution in [3.05, 3.63) is 77.4 Å². The summed E-state index contributed by atoms with van der Waals surface area (Å²) in [5, 5.41) is 1.94. The minimum Gasteiger partial charge on any atom is -0.351 e. The van der Waals surface area contributed by atoms with E-state index in [-0.39, 0.29) is 5.56 Å². The van der Waals surface area contributed by atoms with Gasteiger partial charge in [-0.05, 0) is 36.4 Å². The Morgan fingerprint density at radius 2 is 1.61 bits per heavy atom. The maximum Gasteiger partial charge on any atom is 0.325 e. The molecule has 8 nitrogen and oxygen atoms in total. The number of nitrogens with two attached hydrogens (primary N) is 2. The van der Waals surface area contributed by atoms with Crippen LogP contribution in [0.2, 0.25) is 0 Å². The van der Waals surface area contributed by atoms with Gasteiger partial charge < -0.3 is 11.5 Å². The van der Waals surface area contributed by atoms with Gasteiger partial charge >= 0.3 is 6.03 Å². The van der Waals surface area contributed by atoms with Crippen LogP contribution < -0.4 is 21.7 Å². The summed E-state index contributed by atoms with van der Waals surface area (Å²) in [6.07, 6.45) is 0. The molecule has 0 fully saturated rings. The number of carbonyl (C=O) groups excluding carboxylic acids is 3. The Morgan fingerprint density at radius 3 is 2.18 bits per heavy atom. The number of halogens is 4. The van der Waals surface area contributed by atoms with Gasteiger partial charge in [0.15, 0.2) is 0 Å². The maximum absolute atomic E-state index is 14.5. The van der Waals surface area contributed by atoms with Crippen LogP contribution in [0, 0.1) is 23.3 Å². The highest BCUT2D eigenvalue weighted by Gasteiger charge is 2.27. The average Bonchev–Trinajstić information content (AvgIpc) is 2.75. The molecule has 12 heteroatoms. The highest BCUT2D eigenvalue weighted by molar-refractivity contribution is 6.09. The zero-order chi connectivity index (χ0) is 24.3. The molecule has 0 aliphatic heterocycles. The smallest absolute Gasteiger partial charge is 0.325 e. The third-order valence-corrected chi connectivity index (χ3v) is 4.36. The molecule has 0 bridgehead atoms. The summed E-state index contributed by atoms with van der Waals surface area (Å²) in [7, 11) is 0. The van der Waals surface area contributed by atoms with E-state index in [9.17, 15) is 31.9 Å². The predicted molar refractivity (Wildman–Crippen MR) is 109 cm³/mol. The van der Waals surface area contributed by atoms with E-state index in [0.29, 0.717) is 11.0 Å². The van der Waals surface area contributed by atoms with E-state index in [1.165, 1.54) is 0 Å². The highest BCUT2D eigenvalue weighted by atomic mass is 19.1. The van der Waals surface area contributed by atoms with Gasteiger partial charge in [0, 0.05) is 11.6 Å². The number of urea groups is 1. The zero-order valence-corrected chi connectivity index (χ0v) is 16.6. The number of pyridine rings is 1. The Kier molecular flexibility index (Phi) is 6.68.